The van der Waals surface area contributed by atoms with Crippen molar-refractivity contribution < 1.29 is 5.11 Å². The molecule has 0 unspecified atom stereocenters. The van der Waals surface area contributed by atoms with Crippen LogP contribution >= 0.6 is 34.7 Å². The highest BCUT2D eigenvalue weighted by Crippen LogP contribution is 2.25. The SMILES string of the molecule is OCc1ccc(Cl)c(NCc2nnsc2Cl)c1. The molecule has 0 aliphatic heterocycles. The fourth-order valence-corrected chi connectivity index (χ4v) is 2.10. The van der Waals surface area contributed by atoms with Crippen LogP contribution in [0.15, 0.2) is 18.2 Å². The minimum absolute atomic E-state index is 0.0230. The fourth-order valence-electron chi connectivity index (χ4n) is 1.29. The number of rotatable bonds is 4. The van der Waals surface area contributed by atoms with Crippen molar-refractivity contribution >= 4 is 40.4 Å². The first kappa shape index (κ1) is 12.6. The Morgan fingerprint density at radius 1 is 1.35 bits per heavy atom. The molecule has 0 saturated carbocycles. The van der Waals surface area contributed by atoms with Crippen LogP contribution in [0.1, 0.15) is 11.3 Å². The van der Waals surface area contributed by atoms with Crippen molar-refractivity contribution in [2.24, 2.45) is 0 Å². The number of nitrogens with zero attached hydrogens (tertiary/aromatic N) is 2. The molecule has 0 amide bonds. The third-order valence-electron chi connectivity index (χ3n) is 2.17. The zero-order valence-electron chi connectivity index (χ0n) is 8.65. The third kappa shape index (κ3) is 3.07. The van der Waals surface area contributed by atoms with Crippen LogP contribution in [-0.2, 0) is 13.2 Å². The number of nitrogens with one attached hydrogen (secondary N) is 1. The molecule has 2 N–H and O–H groups in total. The van der Waals surface area contributed by atoms with Gasteiger partial charge in [0, 0.05) is 11.5 Å². The average molecular weight is 290 g/mol. The summed E-state index contributed by atoms with van der Waals surface area (Å²) in [5, 5.41) is 16.6. The minimum Gasteiger partial charge on any atom is -0.392 e. The van der Waals surface area contributed by atoms with Crippen molar-refractivity contribution in [3.63, 3.8) is 0 Å². The molecule has 90 valence electrons. The standard InChI is InChI=1S/C10H9Cl2N3OS/c11-7-2-1-6(5-16)3-8(7)13-4-9-10(12)17-15-14-9/h1-3,13,16H,4-5H2. The summed E-state index contributed by atoms with van der Waals surface area (Å²) in [6, 6.07) is 5.29. The molecule has 1 aromatic carbocycles. The van der Waals surface area contributed by atoms with E-state index in [2.05, 4.69) is 14.9 Å². The largest absolute Gasteiger partial charge is 0.392 e. The molecule has 0 atom stereocenters. The monoisotopic (exact) mass is 289 g/mol. The quantitative estimate of drug-likeness (QED) is 0.909. The number of anilines is 1. The highest BCUT2D eigenvalue weighted by atomic mass is 35.5. The van der Waals surface area contributed by atoms with Gasteiger partial charge in [-0.2, -0.15) is 0 Å². The Labute approximate surface area is 112 Å². The lowest BCUT2D eigenvalue weighted by Gasteiger charge is -2.08. The maximum absolute atomic E-state index is 9.04. The van der Waals surface area contributed by atoms with Gasteiger partial charge >= 0.3 is 0 Å². The van der Waals surface area contributed by atoms with Gasteiger partial charge in [0.1, 0.15) is 10.0 Å². The topological polar surface area (TPSA) is 58.0 Å². The van der Waals surface area contributed by atoms with Gasteiger partial charge in [-0.3, -0.25) is 0 Å². The Morgan fingerprint density at radius 3 is 2.82 bits per heavy atom. The second kappa shape index (κ2) is 5.64. The predicted molar refractivity (Wildman–Crippen MR) is 69.6 cm³/mol. The number of aliphatic hydroxyl groups is 1. The second-order valence-corrected chi connectivity index (χ2v) is 5.08. The first-order valence-electron chi connectivity index (χ1n) is 4.80. The Bertz CT molecular complexity index is 518. The van der Waals surface area contributed by atoms with Gasteiger partial charge in [0.25, 0.3) is 0 Å². The maximum Gasteiger partial charge on any atom is 0.139 e. The zero-order chi connectivity index (χ0) is 12.3. The summed E-state index contributed by atoms with van der Waals surface area (Å²) in [6.45, 7) is 0.425. The first-order valence-corrected chi connectivity index (χ1v) is 6.33. The van der Waals surface area contributed by atoms with Gasteiger partial charge in [0.2, 0.25) is 0 Å². The number of benzene rings is 1. The van der Waals surface area contributed by atoms with Crippen molar-refractivity contribution in [3.05, 3.63) is 38.8 Å². The number of aliphatic hydroxyl groups excluding tert-OH is 1. The Balaban J connectivity index is 2.11. The van der Waals surface area contributed by atoms with E-state index in [1.807, 2.05) is 0 Å². The van der Waals surface area contributed by atoms with Crippen molar-refractivity contribution in [1.29, 1.82) is 0 Å². The van der Waals surface area contributed by atoms with Gasteiger partial charge < -0.3 is 10.4 Å². The summed E-state index contributed by atoms with van der Waals surface area (Å²) in [5.74, 6) is 0. The van der Waals surface area contributed by atoms with E-state index in [1.165, 1.54) is 0 Å². The predicted octanol–water partition coefficient (Wildman–Crippen LogP) is 2.95. The molecule has 2 aromatic rings. The third-order valence-corrected chi connectivity index (χ3v) is 3.48. The van der Waals surface area contributed by atoms with Crippen molar-refractivity contribution in [2.75, 3.05) is 5.32 Å². The molecule has 0 bridgehead atoms. The molecular weight excluding hydrogens is 281 g/mol. The van der Waals surface area contributed by atoms with E-state index in [1.54, 1.807) is 18.2 Å². The van der Waals surface area contributed by atoms with Gasteiger partial charge in [-0.15, -0.1) is 5.10 Å². The van der Waals surface area contributed by atoms with E-state index in [4.69, 9.17) is 28.3 Å². The summed E-state index contributed by atoms with van der Waals surface area (Å²) in [5.41, 5.74) is 2.21. The highest BCUT2D eigenvalue weighted by Gasteiger charge is 2.06. The van der Waals surface area contributed by atoms with Crippen LogP contribution in [-0.4, -0.2) is 14.7 Å². The Morgan fingerprint density at radius 2 is 2.18 bits per heavy atom. The van der Waals surface area contributed by atoms with E-state index in [9.17, 15) is 0 Å². The van der Waals surface area contributed by atoms with E-state index < -0.39 is 0 Å². The molecule has 0 radical (unpaired) electrons. The molecule has 1 aromatic heterocycles. The summed E-state index contributed by atoms with van der Waals surface area (Å²) >= 11 is 13.1. The molecule has 1 heterocycles. The molecule has 0 aliphatic carbocycles. The second-order valence-electron chi connectivity index (χ2n) is 3.32. The summed E-state index contributed by atoms with van der Waals surface area (Å²) in [4.78, 5) is 0. The average Bonchev–Trinajstić information content (AvgIpc) is 2.74. The first-order chi connectivity index (χ1) is 8.20. The van der Waals surface area contributed by atoms with Crippen molar-refractivity contribution in [3.8, 4) is 0 Å². The fraction of sp³-hybridized carbons (Fsp3) is 0.200. The van der Waals surface area contributed by atoms with Crippen LogP contribution in [0.2, 0.25) is 9.36 Å². The molecule has 0 saturated heterocycles. The number of aromatic nitrogens is 2. The molecule has 17 heavy (non-hydrogen) atoms. The summed E-state index contributed by atoms with van der Waals surface area (Å²) in [7, 11) is 0. The lowest BCUT2D eigenvalue weighted by atomic mass is 10.2. The normalized spacial score (nSPS) is 10.5. The van der Waals surface area contributed by atoms with Crippen molar-refractivity contribution in [1.82, 2.24) is 9.59 Å². The molecule has 0 aliphatic rings. The van der Waals surface area contributed by atoms with Crippen LogP contribution in [0.5, 0.6) is 0 Å². The number of hydrogen-bond donors (Lipinski definition) is 2. The molecule has 0 spiro atoms. The van der Waals surface area contributed by atoms with Crippen LogP contribution in [0.3, 0.4) is 0 Å². The van der Waals surface area contributed by atoms with E-state index in [0.29, 0.717) is 21.6 Å². The van der Waals surface area contributed by atoms with Crippen molar-refractivity contribution in [2.45, 2.75) is 13.2 Å². The van der Waals surface area contributed by atoms with Gasteiger partial charge in [-0.1, -0.05) is 33.8 Å². The number of halogens is 2. The van der Waals surface area contributed by atoms with Crippen LogP contribution in [0.25, 0.3) is 0 Å². The van der Waals surface area contributed by atoms with Crippen LogP contribution in [0.4, 0.5) is 5.69 Å². The Hall–Kier alpha value is -0.880. The van der Waals surface area contributed by atoms with E-state index in [0.717, 1.165) is 22.8 Å². The minimum atomic E-state index is -0.0230. The maximum atomic E-state index is 9.04. The highest BCUT2D eigenvalue weighted by molar-refractivity contribution is 7.10. The van der Waals surface area contributed by atoms with E-state index in [-0.39, 0.29) is 6.61 Å². The van der Waals surface area contributed by atoms with Crippen LogP contribution in [0, 0.1) is 0 Å². The molecule has 7 heteroatoms. The zero-order valence-corrected chi connectivity index (χ0v) is 11.0. The lowest BCUT2D eigenvalue weighted by Crippen LogP contribution is -2.01. The summed E-state index contributed by atoms with van der Waals surface area (Å²) < 4.78 is 4.30. The van der Waals surface area contributed by atoms with E-state index >= 15 is 0 Å². The smallest absolute Gasteiger partial charge is 0.139 e. The molecular formula is C10H9Cl2N3OS. The lowest BCUT2D eigenvalue weighted by molar-refractivity contribution is 0.282. The molecule has 2 rings (SSSR count). The van der Waals surface area contributed by atoms with Gasteiger partial charge in [0.15, 0.2) is 0 Å². The van der Waals surface area contributed by atoms with Gasteiger partial charge in [-0.25, -0.2) is 0 Å². The Kier molecular flexibility index (Phi) is 4.17. The number of hydrogen-bond acceptors (Lipinski definition) is 5. The molecule has 0 fully saturated rings. The van der Waals surface area contributed by atoms with Gasteiger partial charge in [0.05, 0.1) is 23.9 Å². The van der Waals surface area contributed by atoms with Crippen LogP contribution < -0.4 is 5.32 Å². The van der Waals surface area contributed by atoms with Gasteiger partial charge in [-0.05, 0) is 17.7 Å². The molecule has 4 nitrogen and oxygen atoms in total. The summed E-state index contributed by atoms with van der Waals surface area (Å²) in [6.07, 6.45) is 0.